The number of ketones is 1. The summed E-state index contributed by atoms with van der Waals surface area (Å²) in [5.41, 5.74) is 3.64. The van der Waals surface area contributed by atoms with Crippen LogP contribution in [0.3, 0.4) is 0 Å². The van der Waals surface area contributed by atoms with Gasteiger partial charge in [-0.1, -0.05) is 6.92 Å². The molecule has 0 unspecified atom stereocenters. The predicted molar refractivity (Wildman–Crippen MR) is 106 cm³/mol. The number of aliphatic hydroxyl groups excluding tert-OH is 2. The predicted octanol–water partition coefficient (Wildman–Crippen LogP) is 2.08. The highest BCUT2D eigenvalue weighted by Crippen LogP contribution is 2.60. The van der Waals surface area contributed by atoms with Crippen molar-refractivity contribution in [2.45, 2.75) is 39.5 Å². The van der Waals surface area contributed by atoms with Crippen LogP contribution in [-0.4, -0.2) is 59.1 Å². The van der Waals surface area contributed by atoms with Crippen molar-refractivity contribution < 1.29 is 29.1 Å². The lowest BCUT2D eigenvalue weighted by atomic mass is 9.66. The van der Waals surface area contributed by atoms with Gasteiger partial charge in [0.2, 0.25) is 0 Å². The molecule has 2 N–H and O–H groups in total. The number of methoxy groups -OCH3 is 1. The second-order valence-electron chi connectivity index (χ2n) is 9.33. The first-order valence-electron chi connectivity index (χ1n) is 10.6. The Morgan fingerprint density at radius 2 is 2.07 bits per heavy atom. The fourth-order valence-electron chi connectivity index (χ4n) is 6.68. The van der Waals surface area contributed by atoms with Crippen molar-refractivity contribution in [2.24, 2.45) is 23.2 Å². The Morgan fingerprint density at radius 1 is 1.31 bits per heavy atom. The zero-order valence-corrected chi connectivity index (χ0v) is 17.2. The van der Waals surface area contributed by atoms with Gasteiger partial charge in [0.15, 0.2) is 11.5 Å². The molecule has 154 valence electrons. The van der Waals surface area contributed by atoms with Crippen LogP contribution in [-0.2, 0) is 14.3 Å². The van der Waals surface area contributed by atoms with E-state index in [2.05, 4.69) is 18.4 Å². The number of hydrogen-bond donors (Lipinski definition) is 2. The normalized spacial score (nSPS) is 35.4. The van der Waals surface area contributed by atoms with E-state index in [1.165, 1.54) is 12.8 Å². The molecule has 2 aliphatic heterocycles. The number of carbonyl (C=O) groups excluding carboxylic acids is 2. The van der Waals surface area contributed by atoms with Crippen LogP contribution < -0.4 is 0 Å². The smallest absolute Gasteiger partial charge is 0.338 e. The molecule has 0 radical (unpaired) electrons. The number of fused-ring (bicyclic) bond motifs is 1. The summed E-state index contributed by atoms with van der Waals surface area (Å²) in [5, 5.41) is 20.8. The van der Waals surface area contributed by atoms with E-state index in [0.717, 1.165) is 31.5 Å². The average molecular weight is 398 g/mol. The Kier molecular flexibility index (Phi) is 3.98. The zero-order valence-electron chi connectivity index (χ0n) is 17.2. The van der Waals surface area contributed by atoms with E-state index in [-0.39, 0.29) is 53.3 Å². The summed E-state index contributed by atoms with van der Waals surface area (Å²) in [6.45, 7) is 5.95. The maximum Gasteiger partial charge on any atom is 0.338 e. The second kappa shape index (κ2) is 6.14. The summed E-state index contributed by atoms with van der Waals surface area (Å²) in [4.78, 5) is 26.7. The molecule has 0 fully saturated rings. The summed E-state index contributed by atoms with van der Waals surface area (Å²) < 4.78 is 7.54. The molecule has 0 amide bonds. The summed E-state index contributed by atoms with van der Waals surface area (Å²) in [7, 11) is 1.32. The van der Waals surface area contributed by atoms with E-state index in [9.17, 15) is 19.8 Å². The van der Waals surface area contributed by atoms with E-state index in [0.29, 0.717) is 23.1 Å². The number of carbonyl (C=O) groups is 2. The molecule has 0 saturated heterocycles. The Balaban J connectivity index is 1.89. The van der Waals surface area contributed by atoms with Gasteiger partial charge in [0, 0.05) is 48.3 Å². The molecule has 2 heterocycles. The van der Waals surface area contributed by atoms with Gasteiger partial charge in [-0.05, 0) is 30.9 Å². The molecule has 4 atom stereocenters. The monoisotopic (exact) mass is 398 g/mol. The molecule has 29 heavy (non-hydrogen) atoms. The standard InChI is InChI=1S/C23H27NO5/c1-11-9-24-10-12-4-5-15(26)17-13(6-7-25)18(22(28)29-3)19-20(17)23(12,2)16(24)8-14(11)21(19)27/h11-12,14,25H,4-10H2,1-3H3/p+1/t11-,12-,14-,23-/m1/s1. The van der Waals surface area contributed by atoms with Gasteiger partial charge in [-0.25, -0.2) is 9.37 Å². The molecule has 0 spiro atoms. The number of hydrogen-bond acceptors (Lipinski definition) is 5. The molecule has 0 saturated carbocycles. The first kappa shape index (κ1) is 18.8. The van der Waals surface area contributed by atoms with Gasteiger partial charge in [-0.3, -0.25) is 4.79 Å². The second-order valence-corrected chi connectivity index (χ2v) is 9.33. The van der Waals surface area contributed by atoms with Crippen molar-refractivity contribution in [3.8, 4) is 0 Å². The maximum atomic E-state index is 13.8. The average Bonchev–Trinajstić information content (AvgIpc) is 3.11. The fourth-order valence-corrected chi connectivity index (χ4v) is 6.68. The highest BCUT2D eigenvalue weighted by Gasteiger charge is 2.63. The highest BCUT2D eigenvalue weighted by atomic mass is 16.5. The third kappa shape index (κ3) is 2.18. The Labute approximate surface area is 170 Å². The Bertz CT molecular complexity index is 981. The molecule has 0 aromatic carbocycles. The van der Waals surface area contributed by atoms with E-state index < -0.39 is 5.97 Å². The third-order valence-corrected chi connectivity index (χ3v) is 8.07. The fraction of sp³-hybridized carbons (Fsp3) is 0.609. The van der Waals surface area contributed by atoms with Gasteiger partial charge in [-0.2, -0.15) is 0 Å². The summed E-state index contributed by atoms with van der Waals surface area (Å²) in [6.07, 6.45) is 2.29. The number of rotatable bonds is 3. The van der Waals surface area contributed by atoms with Gasteiger partial charge in [0.25, 0.3) is 0 Å². The molecule has 5 aliphatic rings. The van der Waals surface area contributed by atoms with Crippen molar-refractivity contribution in [2.75, 3.05) is 26.8 Å². The molecule has 0 aromatic rings. The minimum absolute atomic E-state index is 0.00503. The van der Waals surface area contributed by atoms with Crippen molar-refractivity contribution in [1.82, 2.24) is 0 Å². The van der Waals surface area contributed by atoms with E-state index >= 15 is 0 Å². The molecular formula is C23H28NO5+. The lowest BCUT2D eigenvalue weighted by Gasteiger charge is -2.31. The van der Waals surface area contributed by atoms with Crippen LogP contribution in [0.1, 0.15) is 39.5 Å². The lowest BCUT2D eigenvalue weighted by molar-refractivity contribution is -0.538. The Hall–Kier alpha value is -2.21. The van der Waals surface area contributed by atoms with Crippen LogP contribution in [0, 0.1) is 23.2 Å². The highest BCUT2D eigenvalue weighted by molar-refractivity contribution is 6.18. The topological polar surface area (TPSA) is 86.8 Å². The number of ether oxygens (including phenoxy) is 1. The van der Waals surface area contributed by atoms with Crippen molar-refractivity contribution >= 4 is 17.5 Å². The van der Waals surface area contributed by atoms with Crippen molar-refractivity contribution in [3.05, 3.63) is 33.6 Å². The molecule has 6 nitrogen and oxygen atoms in total. The molecule has 3 aliphatic carbocycles. The number of aliphatic hydroxyl groups is 2. The minimum atomic E-state index is -0.554. The first-order chi connectivity index (χ1) is 13.8. The van der Waals surface area contributed by atoms with E-state index in [4.69, 9.17) is 4.74 Å². The number of allylic oxidation sites excluding steroid dienone is 3. The van der Waals surface area contributed by atoms with Crippen LogP contribution in [0.2, 0.25) is 0 Å². The van der Waals surface area contributed by atoms with Crippen molar-refractivity contribution in [3.63, 3.8) is 0 Å². The minimum Gasteiger partial charge on any atom is -0.512 e. The number of esters is 1. The maximum absolute atomic E-state index is 13.8. The van der Waals surface area contributed by atoms with E-state index in [1.807, 2.05) is 0 Å². The van der Waals surface area contributed by atoms with Crippen LogP contribution >= 0.6 is 0 Å². The molecule has 2 bridgehead atoms. The number of nitrogens with zero attached hydrogens (tertiary/aromatic N) is 1. The van der Waals surface area contributed by atoms with Gasteiger partial charge in [0.05, 0.1) is 18.1 Å². The SMILES string of the molecule is COC(=O)C1=C(CCO)C2=C(O)CC[C@@H]3C[N+]4=C5C[C@@H](C(=O)C1=C2[C@@]53C)[C@H](C)C4. The molecule has 6 heteroatoms. The van der Waals surface area contributed by atoms with Gasteiger partial charge < -0.3 is 14.9 Å². The van der Waals surface area contributed by atoms with Gasteiger partial charge in [0.1, 0.15) is 18.8 Å². The van der Waals surface area contributed by atoms with Crippen LogP contribution in [0.15, 0.2) is 33.6 Å². The Morgan fingerprint density at radius 3 is 2.76 bits per heavy atom. The third-order valence-electron chi connectivity index (χ3n) is 8.07. The first-order valence-corrected chi connectivity index (χ1v) is 10.6. The van der Waals surface area contributed by atoms with E-state index in [1.54, 1.807) is 0 Å². The van der Waals surface area contributed by atoms with Crippen molar-refractivity contribution in [1.29, 1.82) is 0 Å². The lowest BCUT2D eigenvalue weighted by Crippen LogP contribution is -2.40. The van der Waals surface area contributed by atoms with Crippen LogP contribution in [0.25, 0.3) is 0 Å². The van der Waals surface area contributed by atoms with Gasteiger partial charge in [-0.15, -0.1) is 0 Å². The number of Topliss-reactive ketones (excluding diaryl/α,β-unsaturated/α-hetero) is 1. The molecule has 0 aromatic heterocycles. The van der Waals surface area contributed by atoms with Crippen LogP contribution in [0.4, 0.5) is 0 Å². The summed E-state index contributed by atoms with van der Waals surface area (Å²) >= 11 is 0. The van der Waals surface area contributed by atoms with Crippen LogP contribution in [0.5, 0.6) is 0 Å². The largest absolute Gasteiger partial charge is 0.512 e. The molecule has 5 rings (SSSR count). The summed E-state index contributed by atoms with van der Waals surface area (Å²) in [6, 6.07) is 0. The summed E-state index contributed by atoms with van der Waals surface area (Å²) in [5.74, 6) is -0.00548. The van der Waals surface area contributed by atoms with Gasteiger partial charge >= 0.3 is 5.97 Å². The quantitative estimate of drug-likeness (QED) is 0.562. The zero-order chi connectivity index (χ0) is 20.7. The molecular weight excluding hydrogens is 370 g/mol.